The highest BCUT2D eigenvalue weighted by molar-refractivity contribution is 5.86. The molecule has 0 spiro atoms. The molecule has 0 aromatic heterocycles. The first-order chi connectivity index (χ1) is 23.7. The van der Waals surface area contributed by atoms with Crippen molar-refractivity contribution in [2.45, 2.75) is 116 Å². The van der Waals surface area contributed by atoms with Gasteiger partial charge in [0.05, 0.1) is 25.9 Å². The van der Waals surface area contributed by atoms with E-state index >= 15 is 0 Å². The molecule has 8 nitrogen and oxygen atoms in total. The van der Waals surface area contributed by atoms with Crippen molar-refractivity contribution in [2.24, 2.45) is 65.1 Å². The predicted octanol–water partition coefficient (Wildman–Crippen LogP) is 7.43. The molecule has 0 aromatic rings. The number of hydrogen-bond donors (Lipinski definition) is 0. The number of ether oxygens (including phenoxy) is 4. The fourth-order valence-corrected chi connectivity index (χ4v) is 11.5. The predicted molar refractivity (Wildman–Crippen MR) is 185 cm³/mol. The summed E-state index contributed by atoms with van der Waals surface area (Å²) >= 11 is 0. The lowest BCUT2D eigenvalue weighted by Gasteiger charge is -2.31. The monoisotopic (exact) mass is 680 g/mol. The molecule has 12 atom stereocenters. The number of carbonyl (C=O) groups is 4. The summed E-state index contributed by atoms with van der Waals surface area (Å²) in [6.07, 6.45) is 17.8. The van der Waals surface area contributed by atoms with Gasteiger partial charge in [-0.15, -0.1) is 0 Å². The van der Waals surface area contributed by atoms with E-state index in [1.165, 1.54) is 25.3 Å². The van der Waals surface area contributed by atoms with E-state index in [0.717, 1.165) is 88.4 Å². The van der Waals surface area contributed by atoms with Crippen LogP contribution in [-0.2, 0) is 38.1 Å². The second-order valence-electron chi connectivity index (χ2n) is 16.8. The average Bonchev–Trinajstić information content (AvgIpc) is 3.93. The molecule has 6 aliphatic rings. The van der Waals surface area contributed by atoms with Crippen molar-refractivity contribution >= 4 is 23.7 Å². The second kappa shape index (κ2) is 16.7. The summed E-state index contributed by atoms with van der Waals surface area (Å²) in [7, 11) is 0. The average molecular weight is 681 g/mol. The van der Waals surface area contributed by atoms with Gasteiger partial charge in [0.25, 0.3) is 0 Å². The molecule has 0 amide bonds. The SMILES string of the molecule is C=CC(=O)OCC1C[C@@H]2C3CC(CC3OCC(=O)CCCCCCCCC(=O)OCC3C[C@@H]4C5CC(CC5COC(=O)C(=C)C)[C@@H]4C3)[C@@H]2C1. The molecule has 4 bridgehead atoms. The van der Waals surface area contributed by atoms with Crippen molar-refractivity contribution in [2.75, 3.05) is 26.4 Å². The first kappa shape index (κ1) is 36.3. The summed E-state index contributed by atoms with van der Waals surface area (Å²) in [5.74, 6) is 6.38. The Hall–Kier alpha value is -2.48. The Kier molecular flexibility index (Phi) is 12.4. The first-order valence-electron chi connectivity index (χ1n) is 19.6. The lowest BCUT2D eigenvalue weighted by Crippen LogP contribution is -2.31. The van der Waals surface area contributed by atoms with Crippen LogP contribution in [0.25, 0.3) is 0 Å². The molecule has 0 saturated heterocycles. The smallest absolute Gasteiger partial charge is 0.333 e. The Bertz CT molecular complexity index is 1230. The van der Waals surface area contributed by atoms with Gasteiger partial charge in [-0.3, -0.25) is 9.59 Å². The van der Waals surface area contributed by atoms with Crippen LogP contribution in [0, 0.1) is 65.1 Å². The van der Waals surface area contributed by atoms with E-state index in [2.05, 4.69) is 13.2 Å². The minimum atomic E-state index is -0.334. The zero-order valence-corrected chi connectivity index (χ0v) is 29.8. The van der Waals surface area contributed by atoms with Crippen LogP contribution in [0.1, 0.15) is 110 Å². The van der Waals surface area contributed by atoms with Gasteiger partial charge in [-0.1, -0.05) is 38.8 Å². The minimum absolute atomic E-state index is 0.0667. The summed E-state index contributed by atoms with van der Waals surface area (Å²) in [4.78, 5) is 48.3. The van der Waals surface area contributed by atoms with Gasteiger partial charge in [0, 0.05) is 24.5 Å². The molecule has 8 heteroatoms. The van der Waals surface area contributed by atoms with E-state index in [1.807, 2.05) is 0 Å². The van der Waals surface area contributed by atoms with E-state index < -0.39 is 0 Å². The quantitative estimate of drug-likeness (QED) is 0.0566. The van der Waals surface area contributed by atoms with Gasteiger partial charge in [-0.2, -0.15) is 0 Å². The molecule has 6 saturated carbocycles. The van der Waals surface area contributed by atoms with Crippen LogP contribution in [0.3, 0.4) is 0 Å². The Morgan fingerprint density at radius 1 is 0.633 bits per heavy atom. The lowest BCUT2D eigenvalue weighted by molar-refractivity contribution is -0.145. The molecular weight excluding hydrogens is 620 g/mol. The van der Waals surface area contributed by atoms with Gasteiger partial charge in [-0.05, 0) is 136 Å². The lowest BCUT2D eigenvalue weighted by atomic mass is 9.76. The highest BCUT2D eigenvalue weighted by Gasteiger charge is 2.57. The molecule has 6 rings (SSSR count). The number of unbranched alkanes of at least 4 members (excludes halogenated alkanes) is 5. The van der Waals surface area contributed by atoms with Crippen LogP contribution in [0.4, 0.5) is 0 Å². The Morgan fingerprint density at radius 3 is 1.92 bits per heavy atom. The van der Waals surface area contributed by atoms with Crippen LogP contribution < -0.4 is 0 Å². The normalized spacial score (nSPS) is 36.3. The standard InChI is InChI=1S/C41H60O8/c1-4-39(43)47-21-27-14-33-29-19-37(36(33)16-27)38(20-29)46-24-31(42)11-9-7-5-6-8-10-12-40(44)48-22-26-13-32-28-17-30(23-49-41(45)25(2)3)34(18-28)35(32)15-26/h4,26-30,32-38H,1-2,5-24H2,3H3/t26?,27?,28?,29?,30?,32-,33-,34?,35-,36-,37?,38?/m0/s1. The molecule has 0 N–H and O–H groups in total. The largest absolute Gasteiger partial charge is 0.465 e. The fraction of sp³-hybridized carbons (Fsp3) is 0.805. The van der Waals surface area contributed by atoms with Crippen LogP contribution in [-0.4, -0.2) is 56.2 Å². The molecule has 8 unspecified atom stereocenters. The van der Waals surface area contributed by atoms with Crippen molar-refractivity contribution in [1.82, 2.24) is 0 Å². The summed E-state index contributed by atoms with van der Waals surface area (Å²) < 4.78 is 22.7. The summed E-state index contributed by atoms with van der Waals surface area (Å²) in [6, 6.07) is 0. The topological polar surface area (TPSA) is 105 Å². The third-order valence-corrected chi connectivity index (χ3v) is 13.6. The number of Topliss-reactive ketones (excluding diaryl/α,β-unsaturated/α-hetero) is 1. The molecule has 6 aliphatic carbocycles. The highest BCUT2D eigenvalue weighted by atomic mass is 16.5. The molecule has 6 fully saturated rings. The molecule has 0 heterocycles. The van der Waals surface area contributed by atoms with Crippen molar-refractivity contribution in [3.05, 3.63) is 24.8 Å². The summed E-state index contributed by atoms with van der Waals surface area (Å²) in [6.45, 7) is 10.7. The van der Waals surface area contributed by atoms with E-state index in [1.54, 1.807) is 6.92 Å². The van der Waals surface area contributed by atoms with E-state index in [0.29, 0.717) is 85.6 Å². The van der Waals surface area contributed by atoms with E-state index in [4.69, 9.17) is 18.9 Å². The third kappa shape index (κ3) is 8.88. The summed E-state index contributed by atoms with van der Waals surface area (Å²) in [5.41, 5.74) is 0.464. The molecule has 49 heavy (non-hydrogen) atoms. The first-order valence-corrected chi connectivity index (χ1v) is 19.6. The van der Waals surface area contributed by atoms with Crippen molar-refractivity contribution in [1.29, 1.82) is 0 Å². The zero-order chi connectivity index (χ0) is 34.5. The second-order valence-corrected chi connectivity index (χ2v) is 16.8. The maximum absolute atomic E-state index is 12.6. The minimum Gasteiger partial charge on any atom is -0.465 e. The number of rotatable bonds is 20. The molecule has 0 radical (unpaired) electrons. The Morgan fingerprint density at radius 2 is 1.22 bits per heavy atom. The maximum atomic E-state index is 12.6. The van der Waals surface area contributed by atoms with Crippen LogP contribution in [0.15, 0.2) is 24.8 Å². The third-order valence-electron chi connectivity index (χ3n) is 13.6. The summed E-state index contributed by atoms with van der Waals surface area (Å²) in [5, 5.41) is 0. The molecule has 0 aliphatic heterocycles. The van der Waals surface area contributed by atoms with Crippen molar-refractivity contribution in [3.8, 4) is 0 Å². The van der Waals surface area contributed by atoms with E-state index in [-0.39, 0.29) is 36.4 Å². The number of ketones is 1. The van der Waals surface area contributed by atoms with Crippen LogP contribution in [0.5, 0.6) is 0 Å². The zero-order valence-electron chi connectivity index (χ0n) is 29.8. The number of esters is 3. The van der Waals surface area contributed by atoms with Crippen LogP contribution >= 0.6 is 0 Å². The van der Waals surface area contributed by atoms with Crippen molar-refractivity contribution in [3.63, 3.8) is 0 Å². The molecule has 272 valence electrons. The fourth-order valence-electron chi connectivity index (χ4n) is 11.5. The number of fused-ring (bicyclic) bond motifs is 10. The molecular formula is C41H60O8. The molecule has 0 aromatic carbocycles. The van der Waals surface area contributed by atoms with Gasteiger partial charge in [-0.25, -0.2) is 9.59 Å². The van der Waals surface area contributed by atoms with Gasteiger partial charge in [0.15, 0.2) is 5.78 Å². The number of carbonyl (C=O) groups excluding carboxylic acids is 4. The van der Waals surface area contributed by atoms with Gasteiger partial charge in [0.1, 0.15) is 6.61 Å². The Labute approximate surface area is 293 Å². The van der Waals surface area contributed by atoms with Crippen molar-refractivity contribution < 1.29 is 38.1 Å². The highest BCUT2D eigenvalue weighted by Crippen LogP contribution is 2.62. The van der Waals surface area contributed by atoms with Gasteiger partial charge in [0.2, 0.25) is 0 Å². The van der Waals surface area contributed by atoms with Gasteiger partial charge < -0.3 is 18.9 Å². The van der Waals surface area contributed by atoms with E-state index in [9.17, 15) is 19.2 Å². The number of hydrogen-bond acceptors (Lipinski definition) is 8. The maximum Gasteiger partial charge on any atom is 0.333 e. The Balaban J connectivity index is 0.750. The van der Waals surface area contributed by atoms with Gasteiger partial charge >= 0.3 is 17.9 Å². The van der Waals surface area contributed by atoms with Crippen LogP contribution in [0.2, 0.25) is 0 Å².